The number of hydrogen-bond donors (Lipinski definition) is 1. The van der Waals surface area contributed by atoms with Crippen molar-refractivity contribution in [1.82, 2.24) is 5.32 Å². The quantitative estimate of drug-likeness (QED) is 0.506. The maximum atomic E-state index is 5.70. The largest absolute Gasteiger partial charge is 0.385 e. The van der Waals surface area contributed by atoms with Gasteiger partial charge in [-0.15, -0.1) is 0 Å². The van der Waals surface area contributed by atoms with Crippen molar-refractivity contribution in [3.63, 3.8) is 0 Å². The summed E-state index contributed by atoms with van der Waals surface area (Å²) in [6.07, 6.45) is 6.24. The molecule has 0 bridgehead atoms. The molecule has 0 aliphatic heterocycles. The summed E-state index contributed by atoms with van der Waals surface area (Å²) in [5.41, 5.74) is 0. The number of unbranched alkanes of at least 4 members (excludes halogenated alkanes) is 1. The molecular formula is C14H31NO2. The minimum atomic E-state index is 0.753. The van der Waals surface area contributed by atoms with Gasteiger partial charge in [0.25, 0.3) is 0 Å². The molecule has 0 saturated heterocycles. The van der Waals surface area contributed by atoms with Crippen LogP contribution in [0.25, 0.3) is 0 Å². The van der Waals surface area contributed by atoms with Gasteiger partial charge in [0.1, 0.15) is 0 Å². The van der Waals surface area contributed by atoms with E-state index in [1.54, 1.807) is 7.11 Å². The highest BCUT2D eigenvalue weighted by molar-refractivity contribution is 4.56. The average Bonchev–Trinajstić information content (AvgIpc) is 2.36. The van der Waals surface area contributed by atoms with Crippen molar-refractivity contribution in [3.8, 4) is 0 Å². The summed E-state index contributed by atoms with van der Waals surface area (Å²) in [5, 5.41) is 3.35. The van der Waals surface area contributed by atoms with Gasteiger partial charge in [-0.1, -0.05) is 33.1 Å². The molecule has 0 radical (unpaired) electrons. The van der Waals surface area contributed by atoms with Crippen molar-refractivity contribution in [1.29, 1.82) is 0 Å². The summed E-state index contributed by atoms with van der Waals surface area (Å²) >= 11 is 0. The molecule has 104 valence electrons. The van der Waals surface area contributed by atoms with Crippen molar-refractivity contribution in [2.24, 2.45) is 5.92 Å². The van der Waals surface area contributed by atoms with Gasteiger partial charge < -0.3 is 14.8 Å². The van der Waals surface area contributed by atoms with E-state index < -0.39 is 0 Å². The highest BCUT2D eigenvalue weighted by Crippen LogP contribution is 2.12. The number of rotatable bonds is 13. The van der Waals surface area contributed by atoms with E-state index in [1.165, 1.54) is 25.7 Å². The van der Waals surface area contributed by atoms with Gasteiger partial charge in [-0.25, -0.2) is 0 Å². The van der Waals surface area contributed by atoms with Crippen LogP contribution in [0, 0.1) is 5.92 Å². The Hall–Kier alpha value is -0.120. The first-order valence-electron chi connectivity index (χ1n) is 7.12. The second kappa shape index (κ2) is 13.9. The summed E-state index contributed by atoms with van der Waals surface area (Å²) in [6.45, 7) is 9.07. The summed E-state index contributed by atoms with van der Waals surface area (Å²) < 4.78 is 10.7. The molecule has 0 aliphatic rings. The topological polar surface area (TPSA) is 30.5 Å². The lowest BCUT2D eigenvalue weighted by atomic mass is 10.0. The molecule has 1 atom stereocenters. The normalized spacial score (nSPS) is 12.9. The molecule has 17 heavy (non-hydrogen) atoms. The van der Waals surface area contributed by atoms with E-state index >= 15 is 0 Å². The molecule has 3 heteroatoms. The smallest absolute Gasteiger partial charge is 0.0591 e. The lowest BCUT2D eigenvalue weighted by Gasteiger charge is -2.14. The Kier molecular flexibility index (Phi) is 13.8. The van der Waals surface area contributed by atoms with E-state index in [9.17, 15) is 0 Å². The number of methoxy groups -OCH3 is 1. The average molecular weight is 245 g/mol. The molecule has 3 nitrogen and oxygen atoms in total. The Morgan fingerprint density at radius 2 is 1.88 bits per heavy atom. The van der Waals surface area contributed by atoms with Crippen LogP contribution in [0.1, 0.15) is 46.0 Å². The zero-order valence-corrected chi connectivity index (χ0v) is 12.0. The van der Waals surface area contributed by atoms with Gasteiger partial charge in [-0.05, 0) is 25.3 Å². The van der Waals surface area contributed by atoms with Crippen LogP contribution >= 0.6 is 0 Å². The van der Waals surface area contributed by atoms with Gasteiger partial charge in [0.2, 0.25) is 0 Å². The van der Waals surface area contributed by atoms with Crippen LogP contribution < -0.4 is 5.32 Å². The van der Waals surface area contributed by atoms with E-state index in [0.717, 1.165) is 45.2 Å². The fourth-order valence-corrected chi connectivity index (χ4v) is 1.76. The minimum Gasteiger partial charge on any atom is -0.385 e. The molecule has 1 N–H and O–H groups in total. The molecule has 0 rings (SSSR count). The third kappa shape index (κ3) is 12.1. The SMILES string of the molecule is CCCCC(CC)COCCNCCCOC. The molecule has 0 aliphatic carbocycles. The van der Waals surface area contributed by atoms with E-state index in [-0.39, 0.29) is 0 Å². The molecule has 0 amide bonds. The van der Waals surface area contributed by atoms with Gasteiger partial charge in [0.05, 0.1) is 6.61 Å². The molecule has 0 fully saturated rings. The van der Waals surface area contributed by atoms with Crippen LogP contribution in [0.15, 0.2) is 0 Å². The highest BCUT2D eigenvalue weighted by atomic mass is 16.5. The fourth-order valence-electron chi connectivity index (χ4n) is 1.76. The zero-order valence-electron chi connectivity index (χ0n) is 12.0. The predicted molar refractivity (Wildman–Crippen MR) is 73.5 cm³/mol. The van der Waals surface area contributed by atoms with Crippen LogP contribution in [0.3, 0.4) is 0 Å². The van der Waals surface area contributed by atoms with Crippen molar-refractivity contribution >= 4 is 0 Å². The zero-order chi connectivity index (χ0) is 12.8. The lowest BCUT2D eigenvalue weighted by molar-refractivity contribution is 0.0953. The van der Waals surface area contributed by atoms with E-state index in [1.807, 2.05) is 0 Å². The molecule has 0 heterocycles. The third-order valence-electron chi connectivity index (χ3n) is 3.02. The van der Waals surface area contributed by atoms with Crippen molar-refractivity contribution in [2.45, 2.75) is 46.0 Å². The standard InChI is InChI=1S/C14H31NO2/c1-4-6-8-14(5-2)13-17-12-10-15-9-7-11-16-3/h14-15H,4-13H2,1-3H3. The summed E-state index contributed by atoms with van der Waals surface area (Å²) in [4.78, 5) is 0. The molecule has 0 saturated carbocycles. The Bertz CT molecular complexity index is 142. The van der Waals surface area contributed by atoms with Gasteiger partial charge >= 0.3 is 0 Å². The Labute approximate surface area is 107 Å². The van der Waals surface area contributed by atoms with Crippen LogP contribution in [-0.2, 0) is 9.47 Å². The summed E-state index contributed by atoms with van der Waals surface area (Å²) in [7, 11) is 1.74. The second-order valence-corrected chi connectivity index (χ2v) is 4.59. The Morgan fingerprint density at radius 3 is 2.53 bits per heavy atom. The predicted octanol–water partition coefficient (Wildman–Crippen LogP) is 2.85. The fraction of sp³-hybridized carbons (Fsp3) is 1.00. The monoisotopic (exact) mass is 245 g/mol. The lowest BCUT2D eigenvalue weighted by Crippen LogP contribution is -2.23. The molecule has 0 aromatic heterocycles. The van der Waals surface area contributed by atoms with Crippen molar-refractivity contribution in [3.05, 3.63) is 0 Å². The maximum absolute atomic E-state index is 5.70. The number of hydrogen-bond acceptors (Lipinski definition) is 3. The summed E-state index contributed by atoms with van der Waals surface area (Å²) in [5.74, 6) is 0.753. The molecule has 1 unspecified atom stereocenters. The highest BCUT2D eigenvalue weighted by Gasteiger charge is 2.05. The summed E-state index contributed by atoms with van der Waals surface area (Å²) in [6, 6.07) is 0. The first-order chi connectivity index (χ1) is 8.35. The molecular weight excluding hydrogens is 214 g/mol. The van der Waals surface area contributed by atoms with Crippen molar-refractivity contribution in [2.75, 3.05) is 40.0 Å². The van der Waals surface area contributed by atoms with Gasteiger partial charge in [-0.2, -0.15) is 0 Å². The minimum absolute atomic E-state index is 0.753. The molecule has 0 aromatic carbocycles. The maximum Gasteiger partial charge on any atom is 0.0591 e. The van der Waals surface area contributed by atoms with Gasteiger partial charge in [0.15, 0.2) is 0 Å². The first-order valence-corrected chi connectivity index (χ1v) is 7.12. The Morgan fingerprint density at radius 1 is 1.06 bits per heavy atom. The number of ether oxygens (including phenoxy) is 2. The first kappa shape index (κ1) is 16.9. The third-order valence-corrected chi connectivity index (χ3v) is 3.02. The molecule has 0 aromatic rings. The number of nitrogens with one attached hydrogen (secondary N) is 1. The van der Waals surface area contributed by atoms with Gasteiger partial charge in [-0.3, -0.25) is 0 Å². The van der Waals surface area contributed by atoms with E-state index in [4.69, 9.17) is 9.47 Å². The van der Waals surface area contributed by atoms with Gasteiger partial charge in [0, 0.05) is 26.9 Å². The van der Waals surface area contributed by atoms with Crippen molar-refractivity contribution < 1.29 is 9.47 Å². The van der Waals surface area contributed by atoms with Crippen LogP contribution in [-0.4, -0.2) is 40.0 Å². The second-order valence-electron chi connectivity index (χ2n) is 4.59. The van der Waals surface area contributed by atoms with Crippen LogP contribution in [0.5, 0.6) is 0 Å². The van der Waals surface area contributed by atoms with E-state index in [0.29, 0.717) is 0 Å². The van der Waals surface area contributed by atoms with E-state index in [2.05, 4.69) is 19.2 Å². The molecule has 0 spiro atoms. The Balaban J connectivity index is 3.19. The van der Waals surface area contributed by atoms with Crippen LogP contribution in [0.4, 0.5) is 0 Å². The van der Waals surface area contributed by atoms with Crippen LogP contribution in [0.2, 0.25) is 0 Å².